The third-order valence-electron chi connectivity index (χ3n) is 5.36. The SMILES string of the molecule is COCCn1nc(CNC(=O)c2cc(-c3ccc4c(c3)OCO4)n[nH]2)c2ccccc2c1=O. The van der Waals surface area contributed by atoms with Gasteiger partial charge in [0.05, 0.1) is 36.5 Å². The van der Waals surface area contributed by atoms with Gasteiger partial charge in [-0.15, -0.1) is 0 Å². The Labute approximate surface area is 188 Å². The normalized spacial score (nSPS) is 12.3. The molecule has 0 fully saturated rings. The molecule has 2 aromatic heterocycles. The number of fused-ring (bicyclic) bond motifs is 2. The molecule has 2 N–H and O–H groups in total. The molecule has 33 heavy (non-hydrogen) atoms. The van der Waals surface area contributed by atoms with Crippen LogP contribution in [0.15, 0.2) is 53.3 Å². The predicted molar refractivity (Wildman–Crippen MR) is 119 cm³/mol. The van der Waals surface area contributed by atoms with Crippen LogP contribution in [0, 0.1) is 0 Å². The molecule has 2 aromatic carbocycles. The van der Waals surface area contributed by atoms with Crippen LogP contribution in [-0.4, -0.2) is 46.4 Å². The highest BCUT2D eigenvalue weighted by Crippen LogP contribution is 2.35. The highest BCUT2D eigenvalue weighted by molar-refractivity contribution is 5.93. The summed E-state index contributed by atoms with van der Waals surface area (Å²) in [5.41, 5.74) is 2.10. The average Bonchev–Trinajstić information content (AvgIpc) is 3.52. The number of rotatable bonds is 7. The van der Waals surface area contributed by atoms with Crippen molar-refractivity contribution in [1.29, 1.82) is 0 Å². The first-order valence-corrected chi connectivity index (χ1v) is 10.4. The molecule has 0 saturated carbocycles. The maximum Gasteiger partial charge on any atom is 0.274 e. The van der Waals surface area contributed by atoms with Crippen molar-refractivity contribution in [2.24, 2.45) is 0 Å². The van der Waals surface area contributed by atoms with Crippen molar-refractivity contribution in [3.05, 3.63) is 70.3 Å². The smallest absolute Gasteiger partial charge is 0.274 e. The summed E-state index contributed by atoms with van der Waals surface area (Å²) < 4.78 is 17.2. The van der Waals surface area contributed by atoms with E-state index in [2.05, 4.69) is 20.6 Å². The maximum absolute atomic E-state index is 12.8. The first kappa shape index (κ1) is 20.7. The van der Waals surface area contributed by atoms with E-state index in [-0.39, 0.29) is 24.8 Å². The van der Waals surface area contributed by atoms with Crippen molar-refractivity contribution in [1.82, 2.24) is 25.3 Å². The van der Waals surface area contributed by atoms with Crippen LogP contribution in [-0.2, 0) is 17.8 Å². The monoisotopic (exact) mass is 447 g/mol. The van der Waals surface area contributed by atoms with Crippen molar-refractivity contribution in [2.75, 3.05) is 20.5 Å². The molecule has 1 aliphatic rings. The van der Waals surface area contributed by atoms with Crippen LogP contribution in [0.5, 0.6) is 11.5 Å². The lowest BCUT2D eigenvalue weighted by atomic mass is 10.1. The maximum atomic E-state index is 12.8. The van der Waals surface area contributed by atoms with E-state index in [9.17, 15) is 9.59 Å². The van der Waals surface area contributed by atoms with Gasteiger partial charge in [-0.2, -0.15) is 10.2 Å². The van der Waals surface area contributed by atoms with E-state index in [1.807, 2.05) is 24.3 Å². The van der Waals surface area contributed by atoms with Gasteiger partial charge in [-0.05, 0) is 30.3 Å². The van der Waals surface area contributed by atoms with Crippen LogP contribution in [0.4, 0.5) is 0 Å². The van der Waals surface area contributed by atoms with Gasteiger partial charge >= 0.3 is 0 Å². The fourth-order valence-corrected chi connectivity index (χ4v) is 3.67. The number of benzene rings is 2. The van der Waals surface area contributed by atoms with E-state index in [0.717, 1.165) is 5.56 Å². The van der Waals surface area contributed by atoms with Crippen LogP contribution < -0.4 is 20.3 Å². The lowest BCUT2D eigenvalue weighted by Gasteiger charge is -2.11. The Morgan fingerprint density at radius 2 is 1.97 bits per heavy atom. The number of ether oxygens (including phenoxy) is 3. The summed E-state index contributed by atoms with van der Waals surface area (Å²) >= 11 is 0. The summed E-state index contributed by atoms with van der Waals surface area (Å²) in [6.07, 6.45) is 0. The molecular formula is C23H21N5O5. The molecule has 4 aromatic rings. The third kappa shape index (κ3) is 4.03. The molecule has 3 heterocycles. The number of carbonyl (C=O) groups is 1. The molecule has 10 heteroatoms. The van der Waals surface area contributed by atoms with E-state index < -0.39 is 0 Å². The number of nitrogens with one attached hydrogen (secondary N) is 2. The van der Waals surface area contributed by atoms with Crippen molar-refractivity contribution in [3.63, 3.8) is 0 Å². The Kier molecular flexibility index (Phi) is 5.49. The number of H-pyrrole nitrogens is 1. The summed E-state index contributed by atoms with van der Waals surface area (Å²) in [4.78, 5) is 25.4. The first-order valence-electron chi connectivity index (χ1n) is 10.4. The molecule has 0 saturated heterocycles. The summed E-state index contributed by atoms with van der Waals surface area (Å²) in [5.74, 6) is 0.983. The van der Waals surface area contributed by atoms with Crippen LogP contribution in [0.25, 0.3) is 22.0 Å². The van der Waals surface area contributed by atoms with Gasteiger partial charge in [-0.25, -0.2) is 4.68 Å². The molecule has 0 radical (unpaired) electrons. The minimum atomic E-state index is -0.338. The molecule has 0 aliphatic carbocycles. The number of hydrogen-bond acceptors (Lipinski definition) is 7. The molecule has 1 amide bonds. The molecule has 1 aliphatic heterocycles. The minimum absolute atomic E-state index is 0.144. The molecule has 168 valence electrons. The van der Waals surface area contributed by atoms with E-state index in [1.54, 1.807) is 31.4 Å². The zero-order valence-electron chi connectivity index (χ0n) is 17.8. The largest absolute Gasteiger partial charge is 0.454 e. The van der Waals surface area contributed by atoms with Gasteiger partial charge in [0.25, 0.3) is 11.5 Å². The topological polar surface area (TPSA) is 120 Å². The van der Waals surface area contributed by atoms with Crippen molar-refractivity contribution in [2.45, 2.75) is 13.1 Å². The second-order valence-electron chi connectivity index (χ2n) is 7.43. The second kappa shape index (κ2) is 8.75. The summed E-state index contributed by atoms with van der Waals surface area (Å²) in [7, 11) is 1.56. The zero-order valence-corrected chi connectivity index (χ0v) is 17.8. The standard InChI is InChI=1S/C23H21N5O5/c1-31-9-8-28-23(30)16-5-3-2-4-15(16)19(27-28)12-24-22(29)18-11-17(25-26-18)14-6-7-20-21(10-14)33-13-32-20/h2-7,10-11H,8-9,12-13H2,1H3,(H,24,29)(H,25,26). The summed E-state index contributed by atoms with van der Waals surface area (Å²) in [5, 5.41) is 15.5. The number of aromatic amines is 1. The van der Waals surface area contributed by atoms with Crippen LogP contribution in [0.3, 0.4) is 0 Å². The Morgan fingerprint density at radius 1 is 1.15 bits per heavy atom. The fourth-order valence-electron chi connectivity index (χ4n) is 3.67. The molecule has 10 nitrogen and oxygen atoms in total. The van der Waals surface area contributed by atoms with Gasteiger partial charge in [0.1, 0.15) is 5.69 Å². The highest BCUT2D eigenvalue weighted by atomic mass is 16.7. The van der Waals surface area contributed by atoms with Crippen LogP contribution in [0.2, 0.25) is 0 Å². The highest BCUT2D eigenvalue weighted by Gasteiger charge is 2.17. The number of hydrogen-bond donors (Lipinski definition) is 2. The van der Waals surface area contributed by atoms with E-state index >= 15 is 0 Å². The fraction of sp³-hybridized carbons (Fsp3) is 0.217. The molecule has 0 atom stereocenters. The van der Waals surface area contributed by atoms with Gasteiger partial charge in [0.2, 0.25) is 6.79 Å². The Balaban J connectivity index is 1.35. The Hall–Kier alpha value is -4.18. The molecule has 0 unspecified atom stereocenters. The van der Waals surface area contributed by atoms with Crippen molar-refractivity contribution < 1.29 is 19.0 Å². The van der Waals surface area contributed by atoms with Crippen molar-refractivity contribution >= 4 is 16.7 Å². The minimum Gasteiger partial charge on any atom is -0.454 e. The van der Waals surface area contributed by atoms with E-state index in [0.29, 0.717) is 52.5 Å². The predicted octanol–water partition coefficient (Wildman–Crippen LogP) is 2.09. The van der Waals surface area contributed by atoms with Gasteiger partial charge in [-0.1, -0.05) is 18.2 Å². The number of methoxy groups -OCH3 is 1. The molecule has 0 bridgehead atoms. The first-order chi connectivity index (χ1) is 16.1. The average molecular weight is 447 g/mol. The van der Waals surface area contributed by atoms with Gasteiger partial charge in [0.15, 0.2) is 11.5 Å². The Morgan fingerprint density at radius 3 is 2.82 bits per heavy atom. The lowest BCUT2D eigenvalue weighted by Crippen LogP contribution is -2.29. The summed E-state index contributed by atoms with van der Waals surface area (Å²) in [6, 6.07) is 14.3. The van der Waals surface area contributed by atoms with Crippen LogP contribution >= 0.6 is 0 Å². The second-order valence-corrected chi connectivity index (χ2v) is 7.43. The van der Waals surface area contributed by atoms with Gasteiger partial charge in [0, 0.05) is 18.1 Å². The summed E-state index contributed by atoms with van der Waals surface area (Å²) in [6.45, 7) is 1.01. The van der Waals surface area contributed by atoms with Gasteiger partial charge < -0.3 is 19.5 Å². The van der Waals surface area contributed by atoms with Crippen molar-refractivity contribution in [3.8, 4) is 22.8 Å². The number of amides is 1. The van der Waals surface area contributed by atoms with Gasteiger partial charge in [-0.3, -0.25) is 14.7 Å². The Bertz CT molecular complexity index is 1390. The lowest BCUT2D eigenvalue weighted by molar-refractivity contribution is 0.0945. The van der Waals surface area contributed by atoms with Crippen LogP contribution in [0.1, 0.15) is 16.2 Å². The molecule has 5 rings (SSSR count). The zero-order chi connectivity index (χ0) is 22.8. The molecular weight excluding hydrogens is 426 g/mol. The van der Waals surface area contributed by atoms with E-state index in [1.165, 1.54) is 4.68 Å². The quantitative estimate of drug-likeness (QED) is 0.445. The number of carbonyl (C=O) groups excluding carboxylic acids is 1. The number of aromatic nitrogens is 4. The number of nitrogens with zero attached hydrogens (tertiary/aromatic N) is 3. The molecule has 0 spiro atoms. The van der Waals surface area contributed by atoms with E-state index in [4.69, 9.17) is 14.2 Å². The third-order valence-corrected chi connectivity index (χ3v) is 5.36.